The quantitative estimate of drug-likeness (QED) is 0.701. The van der Waals surface area contributed by atoms with Gasteiger partial charge in [-0.2, -0.15) is 9.71 Å². The summed E-state index contributed by atoms with van der Waals surface area (Å²) in [4.78, 5) is 27.1. The third-order valence-corrected chi connectivity index (χ3v) is 3.17. The van der Waals surface area contributed by atoms with Crippen molar-refractivity contribution >= 4 is 16.9 Å². The van der Waals surface area contributed by atoms with Gasteiger partial charge in [-0.05, 0) is 18.2 Å². The molecule has 0 saturated carbocycles. The van der Waals surface area contributed by atoms with Crippen molar-refractivity contribution in [2.75, 3.05) is 0 Å². The largest absolute Gasteiger partial charge is 0.478 e. The van der Waals surface area contributed by atoms with E-state index >= 15 is 0 Å². The van der Waals surface area contributed by atoms with Crippen LogP contribution in [0.5, 0.6) is 0 Å². The minimum Gasteiger partial charge on any atom is -0.478 e. The Morgan fingerprint density at radius 2 is 1.71 bits per heavy atom. The Bertz CT molecular complexity index is 915. The van der Waals surface area contributed by atoms with E-state index in [1.54, 1.807) is 36.4 Å². The van der Waals surface area contributed by atoms with Crippen molar-refractivity contribution in [3.05, 3.63) is 64.4 Å². The standard InChI is InChI=1S/C15H10N2O4/c18-14-11-7-3-4-8-12(11)17(21)13(16-14)9-5-1-2-6-10(9)15(19)20/h1-8,21H,(H,19,20). The first-order valence-electron chi connectivity index (χ1n) is 6.13. The van der Waals surface area contributed by atoms with E-state index in [-0.39, 0.29) is 27.9 Å². The summed E-state index contributed by atoms with van der Waals surface area (Å²) in [6.45, 7) is 0. The minimum absolute atomic E-state index is 0.0394. The van der Waals surface area contributed by atoms with Crippen LogP contribution in [0.25, 0.3) is 22.3 Å². The highest BCUT2D eigenvalue weighted by Crippen LogP contribution is 2.23. The van der Waals surface area contributed by atoms with E-state index < -0.39 is 11.5 Å². The molecule has 3 aromatic rings. The molecular formula is C15H10N2O4. The molecule has 104 valence electrons. The number of benzene rings is 2. The number of aromatic carboxylic acids is 1. The summed E-state index contributed by atoms with van der Waals surface area (Å²) in [5, 5.41) is 19.7. The summed E-state index contributed by atoms with van der Waals surface area (Å²) in [7, 11) is 0. The predicted molar refractivity (Wildman–Crippen MR) is 75.6 cm³/mol. The highest BCUT2D eigenvalue weighted by Gasteiger charge is 2.17. The second-order valence-electron chi connectivity index (χ2n) is 4.42. The zero-order valence-corrected chi connectivity index (χ0v) is 10.7. The molecule has 0 aliphatic heterocycles. The zero-order chi connectivity index (χ0) is 15.0. The first-order chi connectivity index (χ1) is 10.1. The van der Waals surface area contributed by atoms with E-state index in [4.69, 9.17) is 0 Å². The molecule has 0 saturated heterocycles. The van der Waals surface area contributed by atoms with Crippen molar-refractivity contribution in [3.63, 3.8) is 0 Å². The monoisotopic (exact) mass is 282 g/mol. The number of fused-ring (bicyclic) bond motifs is 1. The SMILES string of the molecule is O=C(O)c1ccccc1-c1nc(=O)c2ccccc2n1O. The molecule has 1 heterocycles. The smallest absolute Gasteiger partial charge is 0.336 e. The maximum Gasteiger partial charge on any atom is 0.336 e. The van der Waals surface area contributed by atoms with Crippen LogP contribution in [0.15, 0.2) is 53.3 Å². The summed E-state index contributed by atoms with van der Waals surface area (Å²) >= 11 is 0. The highest BCUT2D eigenvalue weighted by molar-refractivity contribution is 5.95. The van der Waals surface area contributed by atoms with Gasteiger partial charge in [0, 0.05) is 5.56 Å². The summed E-state index contributed by atoms with van der Waals surface area (Å²) in [5.74, 6) is -1.26. The van der Waals surface area contributed by atoms with Gasteiger partial charge in [-0.15, -0.1) is 0 Å². The van der Waals surface area contributed by atoms with Gasteiger partial charge in [0.15, 0.2) is 5.82 Å². The van der Waals surface area contributed by atoms with Crippen LogP contribution in [0.1, 0.15) is 10.4 Å². The molecule has 1 aromatic heterocycles. The molecule has 0 amide bonds. The van der Waals surface area contributed by atoms with Gasteiger partial charge in [0.05, 0.1) is 16.5 Å². The highest BCUT2D eigenvalue weighted by atomic mass is 16.5. The van der Waals surface area contributed by atoms with Gasteiger partial charge >= 0.3 is 5.97 Å². The van der Waals surface area contributed by atoms with Gasteiger partial charge in [0.2, 0.25) is 0 Å². The number of carboxylic acids is 1. The maximum absolute atomic E-state index is 12.0. The molecule has 0 radical (unpaired) electrons. The van der Waals surface area contributed by atoms with Crippen LogP contribution in [-0.4, -0.2) is 26.0 Å². The van der Waals surface area contributed by atoms with E-state index in [1.165, 1.54) is 12.1 Å². The summed E-state index contributed by atoms with van der Waals surface area (Å²) in [5.41, 5.74) is -0.114. The van der Waals surface area contributed by atoms with Crippen LogP contribution in [0, 0.1) is 0 Å². The van der Waals surface area contributed by atoms with Gasteiger partial charge in [0.25, 0.3) is 5.56 Å². The summed E-state index contributed by atoms with van der Waals surface area (Å²) in [6, 6.07) is 12.5. The lowest BCUT2D eigenvalue weighted by Crippen LogP contribution is -2.16. The van der Waals surface area contributed by atoms with E-state index in [1.807, 2.05) is 0 Å². The van der Waals surface area contributed by atoms with Crippen molar-refractivity contribution in [3.8, 4) is 11.4 Å². The van der Waals surface area contributed by atoms with Crippen molar-refractivity contribution in [1.82, 2.24) is 9.71 Å². The fourth-order valence-electron chi connectivity index (χ4n) is 2.20. The second kappa shape index (κ2) is 4.75. The van der Waals surface area contributed by atoms with Crippen molar-refractivity contribution in [1.29, 1.82) is 0 Å². The van der Waals surface area contributed by atoms with Crippen LogP contribution in [0.3, 0.4) is 0 Å². The second-order valence-corrected chi connectivity index (χ2v) is 4.42. The molecule has 0 atom stereocenters. The average Bonchev–Trinajstić information content (AvgIpc) is 2.51. The Hall–Kier alpha value is -3.15. The van der Waals surface area contributed by atoms with Gasteiger partial charge in [0.1, 0.15) is 0 Å². The molecule has 0 aliphatic rings. The van der Waals surface area contributed by atoms with E-state index in [2.05, 4.69) is 4.98 Å². The third kappa shape index (κ3) is 2.02. The molecular weight excluding hydrogens is 272 g/mol. The van der Waals surface area contributed by atoms with Crippen LogP contribution >= 0.6 is 0 Å². The lowest BCUT2D eigenvalue weighted by Gasteiger charge is -2.11. The Morgan fingerprint density at radius 1 is 1.05 bits per heavy atom. The van der Waals surface area contributed by atoms with E-state index in [0.29, 0.717) is 0 Å². The lowest BCUT2D eigenvalue weighted by molar-refractivity contribution is 0.0697. The molecule has 0 fully saturated rings. The number of carbonyl (C=O) groups is 1. The number of nitrogens with zero attached hydrogens (tertiary/aromatic N) is 2. The Morgan fingerprint density at radius 3 is 2.48 bits per heavy atom. The number of aromatic nitrogens is 2. The van der Waals surface area contributed by atoms with E-state index in [9.17, 15) is 19.9 Å². The van der Waals surface area contributed by atoms with Crippen LogP contribution in [0.4, 0.5) is 0 Å². The molecule has 6 nitrogen and oxygen atoms in total. The first-order valence-corrected chi connectivity index (χ1v) is 6.13. The number of hydrogen-bond donors (Lipinski definition) is 2. The van der Waals surface area contributed by atoms with Crippen LogP contribution < -0.4 is 5.56 Å². The molecule has 21 heavy (non-hydrogen) atoms. The van der Waals surface area contributed by atoms with Crippen molar-refractivity contribution in [2.24, 2.45) is 0 Å². The summed E-state index contributed by atoms with van der Waals surface area (Å²) in [6.07, 6.45) is 0. The zero-order valence-electron chi connectivity index (χ0n) is 10.7. The number of carboxylic acid groups (broad SMARTS) is 1. The molecule has 6 heteroatoms. The number of rotatable bonds is 2. The molecule has 0 aliphatic carbocycles. The van der Waals surface area contributed by atoms with Crippen molar-refractivity contribution in [2.45, 2.75) is 0 Å². The topological polar surface area (TPSA) is 92.4 Å². The molecule has 2 N–H and O–H groups in total. The Kier molecular flexibility index (Phi) is 2.91. The van der Waals surface area contributed by atoms with Crippen molar-refractivity contribution < 1.29 is 15.1 Å². The molecule has 0 unspecified atom stereocenters. The fourth-order valence-corrected chi connectivity index (χ4v) is 2.20. The van der Waals surface area contributed by atoms with Gasteiger partial charge < -0.3 is 10.3 Å². The predicted octanol–water partition coefficient (Wildman–Crippen LogP) is 2.00. The normalized spacial score (nSPS) is 10.7. The van der Waals surface area contributed by atoms with Gasteiger partial charge in [-0.3, -0.25) is 4.79 Å². The molecule has 0 spiro atoms. The third-order valence-electron chi connectivity index (χ3n) is 3.17. The minimum atomic E-state index is -1.16. The Balaban J connectivity index is 2.40. The summed E-state index contributed by atoms with van der Waals surface area (Å²) < 4.78 is 0.735. The molecule has 3 rings (SSSR count). The molecule has 0 bridgehead atoms. The Labute approximate surface area is 118 Å². The lowest BCUT2D eigenvalue weighted by atomic mass is 10.1. The average molecular weight is 282 g/mol. The first kappa shape index (κ1) is 12.9. The number of para-hydroxylation sites is 1. The van der Waals surface area contributed by atoms with Gasteiger partial charge in [-0.1, -0.05) is 30.3 Å². The van der Waals surface area contributed by atoms with Crippen LogP contribution in [0.2, 0.25) is 0 Å². The van der Waals surface area contributed by atoms with E-state index in [0.717, 1.165) is 4.73 Å². The number of hydrogen-bond acceptors (Lipinski definition) is 4. The van der Waals surface area contributed by atoms with Gasteiger partial charge in [-0.25, -0.2) is 4.79 Å². The maximum atomic E-state index is 12.0. The van der Waals surface area contributed by atoms with Crippen LogP contribution in [-0.2, 0) is 0 Å². The fraction of sp³-hybridized carbons (Fsp3) is 0. The molecule has 2 aromatic carbocycles.